The molecule has 0 spiro atoms. The van der Waals surface area contributed by atoms with Crippen LogP contribution in [0.25, 0.3) is 0 Å². The number of hydrogen-bond acceptors (Lipinski definition) is 4. The van der Waals surface area contributed by atoms with Crippen LogP contribution in [-0.2, 0) is 0 Å². The molecule has 0 aliphatic carbocycles. The summed E-state index contributed by atoms with van der Waals surface area (Å²) in [6.07, 6.45) is 2.34. The molecule has 1 fully saturated rings. The Hall–Kier alpha value is -2.27. The molecular weight excluding hydrogens is 309 g/mol. The van der Waals surface area contributed by atoms with Crippen LogP contribution in [0.15, 0.2) is 42.5 Å². The quantitative estimate of drug-likeness (QED) is 0.910. The van der Waals surface area contributed by atoms with Gasteiger partial charge in [0.05, 0.1) is 7.11 Å². The average molecular weight is 331 g/mol. The van der Waals surface area contributed by atoms with Crippen LogP contribution in [0.4, 0.5) is 4.39 Å². The van der Waals surface area contributed by atoms with Gasteiger partial charge >= 0.3 is 0 Å². The Kier molecular flexibility index (Phi) is 5.54. The normalized spacial score (nSPS) is 16.2. The Bertz CT molecular complexity index is 654. The zero-order valence-electron chi connectivity index (χ0n) is 13.8. The summed E-state index contributed by atoms with van der Waals surface area (Å²) in [6, 6.07) is 12.4. The lowest BCUT2D eigenvalue weighted by molar-refractivity contribution is 0.174. The Morgan fingerprint density at radius 1 is 1.00 bits per heavy atom. The molecule has 1 saturated heterocycles. The third-order valence-corrected chi connectivity index (χ3v) is 4.26. The summed E-state index contributed by atoms with van der Waals surface area (Å²) in [5, 5.41) is 3.32. The van der Waals surface area contributed by atoms with Crippen molar-refractivity contribution in [1.29, 1.82) is 0 Å². The van der Waals surface area contributed by atoms with Crippen molar-refractivity contribution in [2.24, 2.45) is 0 Å². The molecular formula is C19H22FNO3. The fraction of sp³-hybridized carbons (Fsp3) is 0.368. The van der Waals surface area contributed by atoms with E-state index in [0.29, 0.717) is 12.7 Å². The van der Waals surface area contributed by atoms with Crippen LogP contribution in [0, 0.1) is 5.82 Å². The number of rotatable bonds is 2. The second kappa shape index (κ2) is 8.02. The zero-order valence-corrected chi connectivity index (χ0v) is 13.8. The highest BCUT2D eigenvalue weighted by Gasteiger charge is 2.14. The van der Waals surface area contributed by atoms with Crippen molar-refractivity contribution >= 4 is 0 Å². The highest BCUT2D eigenvalue weighted by atomic mass is 19.1. The summed E-state index contributed by atoms with van der Waals surface area (Å²) >= 11 is 0. The van der Waals surface area contributed by atoms with Gasteiger partial charge < -0.3 is 19.5 Å². The number of fused-ring (bicyclic) bond motifs is 1. The number of benzene rings is 2. The van der Waals surface area contributed by atoms with Gasteiger partial charge in [0.15, 0.2) is 11.5 Å². The van der Waals surface area contributed by atoms with Crippen LogP contribution in [0.2, 0.25) is 0 Å². The lowest BCUT2D eigenvalue weighted by Gasteiger charge is -2.22. The highest BCUT2D eigenvalue weighted by Crippen LogP contribution is 2.34. The lowest BCUT2D eigenvalue weighted by Crippen LogP contribution is -2.26. The monoisotopic (exact) mass is 331 g/mol. The summed E-state index contributed by atoms with van der Waals surface area (Å²) in [5.74, 6) is 2.81. The third-order valence-electron chi connectivity index (χ3n) is 4.26. The highest BCUT2D eigenvalue weighted by molar-refractivity contribution is 5.46. The van der Waals surface area contributed by atoms with Gasteiger partial charge in [-0.15, -0.1) is 0 Å². The molecule has 2 heterocycles. The fourth-order valence-electron chi connectivity index (χ4n) is 2.89. The van der Waals surface area contributed by atoms with Crippen LogP contribution in [0.1, 0.15) is 24.3 Å². The van der Waals surface area contributed by atoms with Gasteiger partial charge in [-0.25, -0.2) is 4.39 Å². The van der Waals surface area contributed by atoms with Crippen molar-refractivity contribution in [1.82, 2.24) is 5.32 Å². The molecule has 4 nitrogen and oxygen atoms in total. The van der Waals surface area contributed by atoms with Gasteiger partial charge in [0, 0.05) is 6.07 Å². The molecule has 0 aromatic heterocycles. The number of nitrogens with one attached hydrogen (secondary N) is 1. The minimum Gasteiger partial charge on any atom is -0.497 e. The van der Waals surface area contributed by atoms with Crippen molar-refractivity contribution in [2.75, 3.05) is 27.0 Å². The molecule has 0 bridgehead atoms. The van der Waals surface area contributed by atoms with Gasteiger partial charge in [0.2, 0.25) is 6.79 Å². The van der Waals surface area contributed by atoms with E-state index in [1.807, 2.05) is 30.3 Å². The van der Waals surface area contributed by atoms with E-state index < -0.39 is 0 Å². The van der Waals surface area contributed by atoms with Crippen LogP contribution < -0.4 is 19.5 Å². The van der Waals surface area contributed by atoms with Crippen molar-refractivity contribution < 1.29 is 18.6 Å². The van der Waals surface area contributed by atoms with Gasteiger partial charge in [0.1, 0.15) is 11.6 Å². The Morgan fingerprint density at radius 2 is 1.71 bits per heavy atom. The van der Waals surface area contributed by atoms with Gasteiger partial charge in [-0.2, -0.15) is 0 Å². The van der Waals surface area contributed by atoms with E-state index in [2.05, 4.69) is 5.32 Å². The van der Waals surface area contributed by atoms with E-state index in [1.165, 1.54) is 18.4 Å². The Labute approximate surface area is 141 Å². The van der Waals surface area contributed by atoms with Gasteiger partial charge in [-0.05, 0) is 61.7 Å². The second-order valence-electron chi connectivity index (χ2n) is 5.80. The molecule has 2 aromatic carbocycles. The van der Waals surface area contributed by atoms with Crippen LogP contribution >= 0.6 is 0 Å². The van der Waals surface area contributed by atoms with Crippen LogP contribution in [-0.4, -0.2) is 27.0 Å². The van der Waals surface area contributed by atoms with Crippen molar-refractivity contribution in [3.63, 3.8) is 0 Å². The third kappa shape index (κ3) is 4.17. The average Bonchev–Trinajstić information content (AvgIpc) is 3.11. The van der Waals surface area contributed by atoms with Crippen molar-refractivity contribution in [3.05, 3.63) is 53.8 Å². The maximum absolute atomic E-state index is 12.6. The van der Waals surface area contributed by atoms with Gasteiger partial charge in [-0.1, -0.05) is 12.1 Å². The second-order valence-corrected chi connectivity index (χ2v) is 5.80. The summed E-state index contributed by atoms with van der Waals surface area (Å²) in [5.41, 5.74) is 1.28. The maximum atomic E-state index is 12.6. The minimum absolute atomic E-state index is 0.141. The molecule has 1 N–H and O–H groups in total. The van der Waals surface area contributed by atoms with E-state index in [9.17, 15) is 4.39 Å². The minimum atomic E-state index is -0.141. The molecule has 128 valence electrons. The topological polar surface area (TPSA) is 39.7 Å². The maximum Gasteiger partial charge on any atom is 0.231 e. The predicted octanol–water partition coefficient (Wildman–Crippen LogP) is 3.72. The molecule has 0 unspecified atom stereocenters. The number of methoxy groups -OCH3 is 1. The molecule has 0 saturated carbocycles. The van der Waals surface area contributed by atoms with E-state index in [1.54, 1.807) is 19.2 Å². The Morgan fingerprint density at radius 3 is 2.42 bits per heavy atom. The predicted molar refractivity (Wildman–Crippen MR) is 90.4 cm³/mol. The van der Waals surface area contributed by atoms with Gasteiger partial charge in [-0.3, -0.25) is 0 Å². The standard InChI is InChI=1S/C11H14FN.C8H8O3/c12-11-3-1-9(2-4-11)10-5-7-13-8-6-10;1-9-6-2-3-7-8(4-6)11-5-10-7/h1-4,10,13H,5-8H2;2-4H,5H2,1H3. The number of ether oxygens (including phenoxy) is 3. The van der Waals surface area contributed by atoms with Crippen molar-refractivity contribution in [2.45, 2.75) is 18.8 Å². The summed E-state index contributed by atoms with van der Waals surface area (Å²) in [7, 11) is 1.62. The summed E-state index contributed by atoms with van der Waals surface area (Å²) in [4.78, 5) is 0. The van der Waals surface area contributed by atoms with Crippen LogP contribution in [0.5, 0.6) is 17.2 Å². The van der Waals surface area contributed by atoms with Crippen LogP contribution in [0.3, 0.4) is 0 Å². The number of halogens is 1. The first-order valence-corrected chi connectivity index (χ1v) is 8.16. The first kappa shape index (κ1) is 16.6. The fourth-order valence-corrected chi connectivity index (χ4v) is 2.89. The van der Waals surface area contributed by atoms with E-state index in [0.717, 1.165) is 30.3 Å². The van der Waals surface area contributed by atoms with Crippen molar-refractivity contribution in [3.8, 4) is 17.2 Å². The molecule has 0 atom stereocenters. The summed E-state index contributed by atoms with van der Waals surface area (Å²) < 4.78 is 27.9. The largest absolute Gasteiger partial charge is 0.497 e. The van der Waals surface area contributed by atoms with Gasteiger partial charge in [0.25, 0.3) is 0 Å². The first-order chi connectivity index (χ1) is 11.8. The molecule has 2 aliphatic heterocycles. The molecule has 2 aromatic rings. The molecule has 2 aliphatic rings. The zero-order chi connectivity index (χ0) is 16.8. The lowest BCUT2D eigenvalue weighted by atomic mass is 9.90. The van der Waals surface area contributed by atoms with E-state index in [-0.39, 0.29) is 5.82 Å². The molecule has 24 heavy (non-hydrogen) atoms. The Balaban J connectivity index is 0.000000143. The number of hydrogen-bond donors (Lipinski definition) is 1. The molecule has 5 heteroatoms. The molecule has 0 amide bonds. The van der Waals surface area contributed by atoms with E-state index in [4.69, 9.17) is 14.2 Å². The molecule has 4 rings (SSSR count). The number of piperidine rings is 1. The summed E-state index contributed by atoms with van der Waals surface area (Å²) in [6.45, 7) is 2.48. The molecule has 0 radical (unpaired) electrons. The smallest absolute Gasteiger partial charge is 0.231 e. The van der Waals surface area contributed by atoms with E-state index >= 15 is 0 Å². The SMILES string of the molecule is COc1ccc2c(c1)OCO2.Fc1ccc(C2CCNCC2)cc1. The first-order valence-electron chi connectivity index (χ1n) is 8.16.